The third-order valence-electron chi connectivity index (χ3n) is 5.69. The summed E-state index contributed by atoms with van der Waals surface area (Å²) in [6.07, 6.45) is 1.51. The van der Waals surface area contributed by atoms with E-state index in [9.17, 15) is 4.79 Å². The number of amides is 1. The van der Waals surface area contributed by atoms with Gasteiger partial charge in [0.25, 0.3) is 5.91 Å². The van der Waals surface area contributed by atoms with E-state index < -0.39 is 0 Å². The predicted octanol–water partition coefficient (Wildman–Crippen LogP) is 1.20. The Morgan fingerprint density at radius 3 is 2.34 bits per heavy atom. The average Bonchev–Trinajstić information content (AvgIpc) is 2.79. The van der Waals surface area contributed by atoms with Crippen LogP contribution in [0.1, 0.15) is 10.5 Å². The van der Waals surface area contributed by atoms with Crippen LogP contribution in [0.5, 0.6) is 5.75 Å². The Bertz CT molecular complexity index is 845. The number of benzene rings is 1. The molecule has 154 valence electrons. The lowest BCUT2D eigenvalue weighted by Gasteiger charge is -2.37. The highest BCUT2D eigenvalue weighted by molar-refractivity contribution is 5.93. The monoisotopic (exact) mass is 396 g/mol. The maximum atomic E-state index is 12.8. The highest BCUT2D eigenvalue weighted by Crippen LogP contribution is 2.29. The molecule has 0 bridgehead atoms. The first-order valence-electron chi connectivity index (χ1n) is 10.1. The number of aromatic nitrogens is 2. The molecule has 0 atom stereocenters. The van der Waals surface area contributed by atoms with Gasteiger partial charge in [-0.25, -0.2) is 9.97 Å². The van der Waals surface area contributed by atoms with E-state index in [1.165, 1.54) is 6.33 Å². The third-order valence-corrected chi connectivity index (χ3v) is 5.69. The second-order valence-corrected chi connectivity index (χ2v) is 7.50. The SMILES string of the molecule is COc1ccccc1N1CCN(c2cc(C(=O)N3CCN(C)CC3)ncn2)CC1. The second kappa shape index (κ2) is 8.65. The van der Waals surface area contributed by atoms with Crippen LogP contribution < -0.4 is 14.5 Å². The van der Waals surface area contributed by atoms with Crippen molar-refractivity contribution in [1.82, 2.24) is 19.8 Å². The highest BCUT2D eigenvalue weighted by Gasteiger charge is 2.24. The molecule has 0 saturated carbocycles. The van der Waals surface area contributed by atoms with Gasteiger partial charge in [0.2, 0.25) is 0 Å². The molecule has 0 radical (unpaired) electrons. The summed E-state index contributed by atoms with van der Waals surface area (Å²) in [5.41, 5.74) is 1.59. The van der Waals surface area contributed by atoms with E-state index in [0.29, 0.717) is 5.69 Å². The van der Waals surface area contributed by atoms with Crippen LogP contribution in [0.2, 0.25) is 0 Å². The van der Waals surface area contributed by atoms with Crippen molar-refractivity contribution in [3.05, 3.63) is 42.4 Å². The minimum absolute atomic E-state index is 0.00518. The zero-order valence-electron chi connectivity index (χ0n) is 17.1. The number of para-hydroxylation sites is 2. The van der Waals surface area contributed by atoms with Gasteiger partial charge in [-0.2, -0.15) is 0 Å². The number of nitrogens with zero attached hydrogens (tertiary/aromatic N) is 6. The normalized spacial score (nSPS) is 18.1. The van der Waals surface area contributed by atoms with E-state index in [0.717, 1.165) is 69.6 Å². The second-order valence-electron chi connectivity index (χ2n) is 7.50. The molecular weight excluding hydrogens is 368 g/mol. The lowest BCUT2D eigenvalue weighted by Crippen LogP contribution is -2.48. The maximum absolute atomic E-state index is 12.8. The Morgan fingerprint density at radius 2 is 1.62 bits per heavy atom. The van der Waals surface area contributed by atoms with Gasteiger partial charge in [-0.15, -0.1) is 0 Å². The van der Waals surface area contributed by atoms with E-state index in [-0.39, 0.29) is 5.91 Å². The first kappa shape index (κ1) is 19.4. The number of hydrogen-bond acceptors (Lipinski definition) is 7. The number of rotatable bonds is 4. The van der Waals surface area contributed by atoms with Gasteiger partial charge in [0, 0.05) is 58.4 Å². The van der Waals surface area contributed by atoms with Crippen molar-refractivity contribution >= 4 is 17.4 Å². The van der Waals surface area contributed by atoms with Crippen molar-refractivity contribution in [3.8, 4) is 5.75 Å². The fourth-order valence-corrected chi connectivity index (χ4v) is 3.88. The molecule has 0 aliphatic carbocycles. The largest absolute Gasteiger partial charge is 0.495 e. The Balaban J connectivity index is 1.41. The molecule has 1 aromatic carbocycles. The lowest BCUT2D eigenvalue weighted by atomic mass is 10.2. The summed E-state index contributed by atoms with van der Waals surface area (Å²) in [5.74, 6) is 1.70. The van der Waals surface area contributed by atoms with Crippen LogP contribution in [-0.2, 0) is 0 Å². The number of methoxy groups -OCH3 is 1. The first-order chi connectivity index (χ1) is 14.2. The Labute approximate surface area is 171 Å². The van der Waals surface area contributed by atoms with Crippen LogP contribution in [0.15, 0.2) is 36.7 Å². The van der Waals surface area contributed by atoms with E-state index in [2.05, 4.69) is 37.8 Å². The van der Waals surface area contributed by atoms with Gasteiger partial charge in [0.15, 0.2) is 0 Å². The minimum Gasteiger partial charge on any atom is -0.495 e. The molecule has 8 nitrogen and oxygen atoms in total. The van der Waals surface area contributed by atoms with E-state index in [1.807, 2.05) is 29.2 Å². The predicted molar refractivity (Wildman–Crippen MR) is 113 cm³/mol. The van der Waals surface area contributed by atoms with Crippen LogP contribution in [0.25, 0.3) is 0 Å². The average molecular weight is 396 g/mol. The van der Waals surface area contributed by atoms with Crippen LogP contribution in [-0.4, -0.2) is 92.2 Å². The van der Waals surface area contributed by atoms with Crippen LogP contribution >= 0.6 is 0 Å². The number of carbonyl (C=O) groups is 1. The summed E-state index contributed by atoms with van der Waals surface area (Å²) >= 11 is 0. The van der Waals surface area contributed by atoms with Crippen molar-refractivity contribution in [2.75, 3.05) is 76.3 Å². The molecule has 2 aliphatic rings. The molecule has 8 heteroatoms. The van der Waals surface area contributed by atoms with Crippen LogP contribution in [0, 0.1) is 0 Å². The number of carbonyl (C=O) groups excluding carboxylic acids is 1. The zero-order valence-corrected chi connectivity index (χ0v) is 17.1. The summed E-state index contributed by atoms with van der Waals surface area (Å²) in [5, 5.41) is 0. The number of piperazine rings is 2. The highest BCUT2D eigenvalue weighted by atomic mass is 16.5. The number of likely N-dealkylation sites (N-methyl/N-ethyl adjacent to an activating group) is 1. The van der Waals surface area contributed by atoms with Crippen LogP contribution in [0.3, 0.4) is 0 Å². The Morgan fingerprint density at radius 1 is 0.931 bits per heavy atom. The van der Waals surface area contributed by atoms with Crippen molar-refractivity contribution in [1.29, 1.82) is 0 Å². The zero-order chi connectivity index (χ0) is 20.2. The summed E-state index contributed by atoms with van der Waals surface area (Å²) in [6, 6.07) is 9.93. The van der Waals surface area contributed by atoms with E-state index in [1.54, 1.807) is 7.11 Å². The van der Waals surface area contributed by atoms with E-state index in [4.69, 9.17) is 4.74 Å². The molecule has 4 rings (SSSR count). The first-order valence-corrected chi connectivity index (χ1v) is 10.1. The van der Waals surface area contributed by atoms with Gasteiger partial charge in [-0.1, -0.05) is 12.1 Å². The minimum atomic E-state index is -0.00518. The Kier molecular flexibility index (Phi) is 5.80. The molecule has 2 aromatic rings. The number of hydrogen-bond donors (Lipinski definition) is 0. The van der Waals surface area contributed by atoms with Crippen molar-refractivity contribution in [3.63, 3.8) is 0 Å². The standard InChI is InChI=1S/C21H28N6O2/c1-24-7-9-27(10-8-24)21(28)17-15-20(23-16-22-17)26-13-11-25(12-14-26)18-5-3-4-6-19(18)29-2/h3-6,15-16H,7-14H2,1-2H3. The smallest absolute Gasteiger partial charge is 0.272 e. The lowest BCUT2D eigenvalue weighted by molar-refractivity contribution is 0.0658. The molecule has 0 spiro atoms. The number of anilines is 2. The van der Waals surface area contributed by atoms with Gasteiger partial charge >= 0.3 is 0 Å². The molecule has 2 fully saturated rings. The summed E-state index contributed by atoms with van der Waals surface area (Å²) in [6.45, 7) is 6.67. The van der Waals surface area contributed by atoms with E-state index >= 15 is 0 Å². The summed E-state index contributed by atoms with van der Waals surface area (Å²) in [7, 11) is 3.78. The summed E-state index contributed by atoms with van der Waals surface area (Å²) in [4.78, 5) is 30.2. The van der Waals surface area contributed by atoms with Crippen molar-refractivity contribution < 1.29 is 9.53 Å². The Hall–Kier alpha value is -2.87. The molecule has 29 heavy (non-hydrogen) atoms. The molecule has 1 amide bonds. The summed E-state index contributed by atoms with van der Waals surface area (Å²) < 4.78 is 5.50. The van der Waals surface area contributed by atoms with Gasteiger partial charge < -0.3 is 24.3 Å². The molecule has 0 N–H and O–H groups in total. The van der Waals surface area contributed by atoms with Crippen molar-refractivity contribution in [2.45, 2.75) is 0 Å². The van der Waals surface area contributed by atoms with Gasteiger partial charge in [0.05, 0.1) is 12.8 Å². The van der Waals surface area contributed by atoms with Gasteiger partial charge in [-0.05, 0) is 19.2 Å². The third kappa shape index (κ3) is 4.27. The molecule has 3 heterocycles. The van der Waals surface area contributed by atoms with Gasteiger partial charge in [0.1, 0.15) is 23.6 Å². The molecule has 1 aromatic heterocycles. The topological polar surface area (TPSA) is 65.0 Å². The molecule has 2 aliphatic heterocycles. The number of ether oxygens (including phenoxy) is 1. The quantitative estimate of drug-likeness (QED) is 0.769. The molecule has 2 saturated heterocycles. The van der Waals surface area contributed by atoms with Crippen molar-refractivity contribution in [2.24, 2.45) is 0 Å². The maximum Gasteiger partial charge on any atom is 0.272 e. The van der Waals surface area contributed by atoms with Gasteiger partial charge in [-0.3, -0.25) is 4.79 Å². The molecular formula is C21H28N6O2. The fourth-order valence-electron chi connectivity index (χ4n) is 3.88. The van der Waals surface area contributed by atoms with Crippen LogP contribution in [0.4, 0.5) is 11.5 Å². The fraction of sp³-hybridized carbons (Fsp3) is 0.476. The molecule has 0 unspecified atom stereocenters.